The molecule has 2 amide bonds. The lowest BCUT2D eigenvalue weighted by atomic mass is 9.86. The van der Waals surface area contributed by atoms with Crippen LogP contribution >= 0.6 is 0 Å². The Balaban J connectivity index is 1.46. The second-order valence-corrected chi connectivity index (χ2v) is 7.21. The maximum absolute atomic E-state index is 13.1. The monoisotopic (exact) mass is 390 g/mol. The van der Waals surface area contributed by atoms with Crippen molar-refractivity contribution < 1.29 is 19.1 Å². The maximum Gasteiger partial charge on any atom is 0.404 e. The first-order valence-corrected chi connectivity index (χ1v) is 9.33. The number of nitrogens with zero attached hydrogens (tertiary/aromatic N) is 2. The van der Waals surface area contributed by atoms with E-state index in [1.807, 2.05) is 42.5 Å². The highest BCUT2D eigenvalue weighted by Crippen LogP contribution is 2.29. The largest absolute Gasteiger partial charge is 0.465 e. The molecule has 1 saturated carbocycles. The molecule has 0 bridgehead atoms. The van der Waals surface area contributed by atoms with Crippen LogP contribution in [0.3, 0.4) is 0 Å². The molecule has 8 nitrogen and oxygen atoms in total. The van der Waals surface area contributed by atoms with Crippen LogP contribution in [0.2, 0.25) is 0 Å². The molecule has 0 saturated heterocycles. The Morgan fingerprint density at radius 3 is 2.62 bits per heavy atom. The van der Waals surface area contributed by atoms with Crippen LogP contribution in [0, 0.1) is 0 Å². The molecule has 5 rings (SSSR count). The first kappa shape index (κ1) is 17.3. The van der Waals surface area contributed by atoms with Crippen LogP contribution in [-0.2, 0) is 0 Å². The summed E-state index contributed by atoms with van der Waals surface area (Å²) in [6.07, 6.45) is 3.23. The number of benzene rings is 2. The zero-order valence-corrected chi connectivity index (χ0v) is 15.3. The lowest BCUT2D eigenvalue weighted by molar-refractivity contribution is 0.0897. The van der Waals surface area contributed by atoms with Gasteiger partial charge in [0.05, 0.1) is 0 Å². The van der Waals surface area contributed by atoms with Crippen LogP contribution in [0.25, 0.3) is 27.9 Å². The fourth-order valence-corrected chi connectivity index (χ4v) is 3.82. The minimum atomic E-state index is -1.05. The van der Waals surface area contributed by atoms with Gasteiger partial charge in [-0.15, -0.1) is 0 Å². The van der Waals surface area contributed by atoms with Gasteiger partial charge in [0.25, 0.3) is 5.91 Å². The number of nitrogens with one attached hydrogen (secondary N) is 2. The van der Waals surface area contributed by atoms with Crippen LogP contribution < -0.4 is 10.6 Å². The molecule has 1 fully saturated rings. The van der Waals surface area contributed by atoms with Gasteiger partial charge in [-0.3, -0.25) is 9.20 Å². The number of fused-ring (bicyclic) bond motifs is 2. The molecule has 1 aliphatic rings. The molecule has 0 unspecified atom stereocenters. The van der Waals surface area contributed by atoms with Gasteiger partial charge < -0.3 is 20.2 Å². The minimum absolute atomic E-state index is 0.0822. The fourth-order valence-electron chi connectivity index (χ4n) is 3.82. The minimum Gasteiger partial charge on any atom is -0.465 e. The third-order valence-corrected chi connectivity index (χ3v) is 5.30. The highest BCUT2D eigenvalue weighted by molar-refractivity contribution is 6.00. The molecular weight excluding hydrogens is 372 g/mol. The molecule has 29 heavy (non-hydrogen) atoms. The molecule has 2 aromatic heterocycles. The van der Waals surface area contributed by atoms with Crippen molar-refractivity contribution in [1.82, 2.24) is 20.0 Å². The van der Waals surface area contributed by atoms with Gasteiger partial charge in [-0.25, -0.2) is 4.79 Å². The average molecular weight is 390 g/mol. The quantitative estimate of drug-likeness (QED) is 0.495. The van der Waals surface area contributed by atoms with Crippen molar-refractivity contribution in [3.63, 3.8) is 0 Å². The molecule has 1 aliphatic carbocycles. The molecule has 0 spiro atoms. The van der Waals surface area contributed by atoms with Crippen molar-refractivity contribution in [2.24, 2.45) is 0 Å². The van der Waals surface area contributed by atoms with Crippen molar-refractivity contribution in [3.8, 4) is 11.3 Å². The van der Waals surface area contributed by atoms with Crippen molar-refractivity contribution in [2.45, 2.75) is 24.9 Å². The van der Waals surface area contributed by atoms with E-state index in [9.17, 15) is 9.59 Å². The van der Waals surface area contributed by atoms with Crippen molar-refractivity contribution >= 4 is 28.6 Å². The topological polar surface area (TPSA) is 109 Å². The van der Waals surface area contributed by atoms with Gasteiger partial charge in [-0.1, -0.05) is 36.4 Å². The lowest BCUT2D eigenvalue weighted by Crippen LogP contribution is -2.53. The van der Waals surface area contributed by atoms with Gasteiger partial charge in [-0.2, -0.15) is 4.98 Å². The first-order valence-electron chi connectivity index (χ1n) is 9.33. The smallest absolute Gasteiger partial charge is 0.404 e. The first-order chi connectivity index (χ1) is 14.1. The number of imidazole rings is 1. The Labute approximate surface area is 165 Å². The summed E-state index contributed by atoms with van der Waals surface area (Å²) < 4.78 is 7.03. The Bertz CT molecular complexity index is 1240. The number of rotatable bonds is 4. The predicted octanol–water partition coefficient (Wildman–Crippen LogP) is 3.28. The SMILES string of the molecule is O=C(O)N[C@H]1C[C@H](NC(=O)c2c(-c3ccc4ccccc4c3)nc3occn23)C1. The second kappa shape index (κ2) is 6.66. The summed E-state index contributed by atoms with van der Waals surface area (Å²) >= 11 is 0. The summed E-state index contributed by atoms with van der Waals surface area (Å²) in [5.41, 5.74) is 1.78. The summed E-state index contributed by atoms with van der Waals surface area (Å²) in [5, 5.41) is 16.4. The number of carbonyl (C=O) groups excluding carboxylic acids is 1. The molecule has 0 aliphatic heterocycles. The van der Waals surface area contributed by atoms with Gasteiger partial charge in [-0.05, 0) is 29.7 Å². The fraction of sp³-hybridized carbons (Fsp3) is 0.190. The predicted molar refractivity (Wildman–Crippen MR) is 106 cm³/mol. The van der Waals surface area contributed by atoms with Crippen LogP contribution in [0.1, 0.15) is 23.3 Å². The molecule has 8 heteroatoms. The normalized spacial score (nSPS) is 18.5. The summed E-state index contributed by atoms with van der Waals surface area (Å²) in [6, 6.07) is 13.7. The van der Waals surface area contributed by atoms with Gasteiger partial charge >= 0.3 is 11.9 Å². The van der Waals surface area contributed by atoms with Gasteiger partial charge in [0, 0.05) is 23.8 Å². The summed E-state index contributed by atoms with van der Waals surface area (Å²) in [5.74, 6) is 0.0816. The van der Waals surface area contributed by atoms with Crippen molar-refractivity contribution in [2.75, 3.05) is 0 Å². The molecule has 0 atom stereocenters. The Morgan fingerprint density at radius 2 is 1.83 bits per heavy atom. The number of hydrogen-bond acceptors (Lipinski definition) is 4. The van der Waals surface area contributed by atoms with Crippen molar-refractivity contribution in [1.29, 1.82) is 0 Å². The Kier molecular flexibility index (Phi) is 3.97. The number of amides is 2. The summed E-state index contributed by atoms with van der Waals surface area (Å²) in [6.45, 7) is 0. The van der Waals surface area contributed by atoms with E-state index in [2.05, 4.69) is 15.6 Å². The number of carbonyl (C=O) groups is 2. The molecule has 146 valence electrons. The van der Waals surface area contributed by atoms with Crippen LogP contribution in [0.4, 0.5) is 4.79 Å². The number of aromatic nitrogens is 2. The second-order valence-electron chi connectivity index (χ2n) is 7.21. The molecule has 4 aromatic rings. The standard InChI is InChI=1S/C21H18N4O4/c26-19(22-15-10-16(11-15)23-21(27)28)18-17(24-20-25(18)7-8-29-20)14-6-5-12-3-1-2-4-13(12)9-14/h1-9,15-16,23H,10-11H2,(H,22,26)(H,27,28)/t15-,16-. The van der Waals surface area contributed by atoms with Crippen LogP contribution in [0.5, 0.6) is 0 Å². The number of carboxylic acid groups (broad SMARTS) is 1. The average Bonchev–Trinajstić information content (AvgIpc) is 3.26. The zero-order chi connectivity index (χ0) is 20.0. The maximum atomic E-state index is 13.1. The summed E-state index contributed by atoms with van der Waals surface area (Å²) in [7, 11) is 0. The van der Waals surface area contributed by atoms with E-state index in [4.69, 9.17) is 9.52 Å². The van der Waals surface area contributed by atoms with E-state index < -0.39 is 6.09 Å². The zero-order valence-electron chi connectivity index (χ0n) is 15.3. The van der Waals surface area contributed by atoms with E-state index in [0.29, 0.717) is 30.1 Å². The molecule has 3 N–H and O–H groups in total. The third-order valence-electron chi connectivity index (χ3n) is 5.30. The molecule has 2 heterocycles. The highest BCUT2D eigenvalue weighted by Gasteiger charge is 2.33. The van der Waals surface area contributed by atoms with E-state index in [-0.39, 0.29) is 18.0 Å². The van der Waals surface area contributed by atoms with E-state index in [1.54, 1.807) is 10.6 Å². The number of hydrogen-bond donors (Lipinski definition) is 3. The lowest BCUT2D eigenvalue weighted by Gasteiger charge is -2.35. The Morgan fingerprint density at radius 1 is 1.07 bits per heavy atom. The van der Waals surface area contributed by atoms with Crippen molar-refractivity contribution in [3.05, 3.63) is 60.6 Å². The summed E-state index contributed by atoms with van der Waals surface area (Å²) in [4.78, 5) is 28.3. The van der Waals surface area contributed by atoms with Crippen LogP contribution in [0.15, 0.2) is 59.3 Å². The third kappa shape index (κ3) is 3.08. The van der Waals surface area contributed by atoms with E-state index in [1.165, 1.54) is 6.26 Å². The van der Waals surface area contributed by atoms with E-state index >= 15 is 0 Å². The van der Waals surface area contributed by atoms with Gasteiger partial charge in [0.15, 0.2) is 0 Å². The molecular formula is C21H18N4O4. The Hall–Kier alpha value is -3.81. The highest BCUT2D eigenvalue weighted by atomic mass is 16.4. The van der Waals surface area contributed by atoms with Gasteiger partial charge in [0.1, 0.15) is 17.7 Å². The molecule has 0 radical (unpaired) electrons. The van der Waals surface area contributed by atoms with E-state index in [0.717, 1.165) is 16.3 Å². The number of oxazole rings is 1. The van der Waals surface area contributed by atoms with Crippen LogP contribution in [-0.4, -0.2) is 38.6 Å². The van der Waals surface area contributed by atoms with Gasteiger partial charge in [0.2, 0.25) is 0 Å². The molecule has 2 aromatic carbocycles.